The lowest BCUT2D eigenvalue weighted by Gasteiger charge is -2.11. The van der Waals surface area contributed by atoms with Gasteiger partial charge in [-0.05, 0) is 30.5 Å². The molecule has 0 bridgehead atoms. The summed E-state index contributed by atoms with van der Waals surface area (Å²) in [6.07, 6.45) is 7.07. The maximum atomic E-state index is 12.1. The molecule has 2 aromatic rings. The predicted octanol–water partition coefficient (Wildman–Crippen LogP) is 3.01. The number of rotatable bonds is 6. The number of hydrogen-bond acceptors (Lipinski definition) is 4. The molecule has 1 N–H and O–H groups in total. The molecular weight excluding hydrogens is 288 g/mol. The van der Waals surface area contributed by atoms with Crippen LogP contribution < -0.4 is 10.9 Å². The lowest BCUT2D eigenvalue weighted by atomic mass is 10.1. The normalized spacial score (nSPS) is 10.6. The first-order chi connectivity index (χ1) is 10.1. The zero-order valence-corrected chi connectivity index (χ0v) is 13.0. The van der Waals surface area contributed by atoms with Crippen molar-refractivity contribution in [3.8, 4) is 0 Å². The number of anilines is 1. The molecule has 0 aliphatic rings. The monoisotopic (exact) mass is 306 g/mol. The van der Waals surface area contributed by atoms with E-state index in [0.29, 0.717) is 18.8 Å². The summed E-state index contributed by atoms with van der Waals surface area (Å²) in [5.74, 6) is 0. The van der Waals surface area contributed by atoms with Crippen molar-refractivity contribution in [3.63, 3.8) is 0 Å². The van der Waals surface area contributed by atoms with Crippen LogP contribution in [0, 0.1) is 6.92 Å². The first kappa shape index (κ1) is 15.5. The second-order valence-electron chi connectivity index (χ2n) is 4.91. The number of nitrogens with zero attached hydrogens (tertiary/aromatic N) is 3. The van der Waals surface area contributed by atoms with Gasteiger partial charge in [0, 0.05) is 25.5 Å². The Kier molecular flexibility index (Phi) is 5.33. The lowest BCUT2D eigenvalue weighted by Crippen LogP contribution is -2.24. The molecule has 0 unspecified atom stereocenters. The summed E-state index contributed by atoms with van der Waals surface area (Å²) in [4.78, 5) is 16.2. The van der Waals surface area contributed by atoms with Gasteiger partial charge in [-0.25, -0.2) is 4.68 Å². The predicted molar refractivity (Wildman–Crippen MR) is 84.7 cm³/mol. The second-order valence-corrected chi connectivity index (χ2v) is 5.29. The molecule has 2 rings (SSSR count). The van der Waals surface area contributed by atoms with E-state index in [4.69, 9.17) is 11.6 Å². The molecule has 0 amide bonds. The molecular formula is C15H19ClN4O. The van der Waals surface area contributed by atoms with Gasteiger partial charge in [0.05, 0.1) is 11.9 Å². The zero-order valence-electron chi connectivity index (χ0n) is 12.3. The molecule has 6 heteroatoms. The molecule has 0 radical (unpaired) electrons. The van der Waals surface area contributed by atoms with E-state index in [0.717, 1.165) is 24.0 Å². The summed E-state index contributed by atoms with van der Waals surface area (Å²) in [5, 5.41) is 7.48. The molecule has 0 aliphatic carbocycles. The summed E-state index contributed by atoms with van der Waals surface area (Å²) in [5.41, 5.74) is 2.50. The topological polar surface area (TPSA) is 59.8 Å². The smallest absolute Gasteiger partial charge is 0.287 e. The molecule has 0 saturated carbocycles. The Morgan fingerprint density at radius 3 is 2.90 bits per heavy atom. The van der Waals surface area contributed by atoms with Crippen LogP contribution in [-0.4, -0.2) is 14.8 Å². The minimum atomic E-state index is -0.252. The molecule has 0 atom stereocenters. The Morgan fingerprint density at radius 2 is 2.19 bits per heavy atom. The van der Waals surface area contributed by atoms with E-state index < -0.39 is 0 Å². The van der Waals surface area contributed by atoms with Gasteiger partial charge >= 0.3 is 0 Å². The molecule has 0 aliphatic heterocycles. The summed E-state index contributed by atoms with van der Waals surface area (Å²) >= 11 is 6.13. The lowest BCUT2D eigenvalue weighted by molar-refractivity contribution is 0.543. The van der Waals surface area contributed by atoms with Crippen LogP contribution in [0.2, 0.25) is 5.02 Å². The third-order valence-corrected chi connectivity index (χ3v) is 3.69. The van der Waals surface area contributed by atoms with Crippen molar-refractivity contribution < 1.29 is 0 Å². The first-order valence-corrected chi connectivity index (χ1v) is 7.40. The van der Waals surface area contributed by atoms with Gasteiger partial charge in [-0.15, -0.1) is 0 Å². The van der Waals surface area contributed by atoms with E-state index in [1.165, 1.54) is 4.68 Å². The quantitative estimate of drug-likeness (QED) is 0.891. The highest BCUT2D eigenvalue weighted by atomic mass is 35.5. The van der Waals surface area contributed by atoms with Crippen molar-refractivity contribution in [3.05, 3.63) is 51.2 Å². The fourth-order valence-electron chi connectivity index (χ4n) is 1.93. The fraction of sp³-hybridized carbons (Fsp3) is 0.400. The van der Waals surface area contributed by atoms with Crippen molar-refractivity contribution >= 4 is 17.3 Å². The third kappa shape index (κ3) is 3.82. The first-order valence-electron chi connectivity index (χ1n) is 7.02. The van der Waals surface area contributed by atoms with Crippen molar-refractivity contribution in [2.45, 2.75) is 39.8 Å². The van der Waals surface area contributed by atoms with Crippen LogP contribution in [-0.2, 0) is 13.1 Å². The van der Waals surface area contributed by atoms with Gasteiger partial charge in [-0.3, -0.25) is 9.78 Å². The third-order valence-electron chi connectivity index (χ3n) is 3.33. The Bertz CT molecular complexity index is 669. The molecule has 0 saturated heterocycles. The average Bonchev–Trinajstić information content (AvgIpc) is 2.49. The van der Waals surface area contributed by atoms with Gasteiger partial charge in [0.25, 0.3) is 5.56 Å². The highest BCUT2D eigenvalue weighted by Gasteiger charge is 2.09. The highest BCUT2D eigenvalue weighted by molar-refractivity contribution is 6.32. The van der Waals surface area contributed by atoms with E-state index in [9.17, 15) is 4.79 Å². The van der Waals surface area contributed by atoms with Gasteiger partial charge in [0.1, 0.15) is 5.02 Å². The number of nitrogens with one attached hydrogen (secondary N) is 1. The summed E-state index contributed by atoms with van der Waals surface area (Å²) in [7, 11) is 0. The van der Waals surface area contributed by atoms with Crippen LogP contribution in [0.1, 0.15) is 30.9 Å². The molecule has 2 aromatic heterocycles. The average molecular weight is 307 g/mol. The summed E-state index contributed by atoms with van der Waals surface area (Å²) in [6, 6.07) is 1.94. The fourth-order valence-corrected chi connectivity index (χ4v) is 2.14. The van der Waals surface area contributed by atoms with Gasteiger partial charge in [0.2, 0.25) is 0 Å². The minimum Gasteiger partial charge on any atom is -0.378 e. The molecule has 2 heterocycles. The van der Waals surface area contributed by atoms with E-state index in [1.807, 2.05) is 13.0 Å². The molecule has 0 spiro atoms. The number of hydrogen-bond donors (Lipinski definition) is 1. The minimum absolute atomic E-state index is 0.183. The Hall–Kier alpha value is -1.88. The Balaban J connectivity index is 2.13. The van der Waals surface area contributed by atoms with Crippen molar-refractivity contribution in [1.82, 2.24) is 14.8 Å². The van der Waals surface area contributed by atoms with Crippen LogP contribution in [0.25, 0.3) is 0 Å². The maximum Gasteiger partial charge on any atom is 0.287 e. The highest BCUT2D eigenvalue weighted by Crippen LogP contribution is 2.17. The maximum absolute atomic E-state index is 12.1. The number of aryl methyl sites for hydroxylation is 2. The van der Waals surface area contributed by atoms with Crippen LogP contribution >= 0.6 is 11.6 Å². The van der Waals surface area contributed by atoms with E-state index in [-0.39, 0.29) is 10.6 Å². The van der Waals surface area contributed by atoms with Crippen LogP contribution in [0.3, 0.4) is 0 Å². The molecule has 0 aromatic carbocycles. The van der Waals surface area contributed by atoms with Gasteiger partial charge < -0.3 is 5.32 Å². The van der Waals surface area contributed by atoms with Gasteiger partial charge in [0.15, 0.2) is 0 Å². The number of pyridine rings is 1. The van der Waals surface area contributed by atoms with Crippen LogP contribution in [0.4, 0.5) is 5.69 Å². The molecule has 5 nitrogen and oxygen atoms in total. The van der Waals surface area contributed by atoms with Crippen molar-refractivity contribution in [2.24, 2.45) is 0 Å². The van der Waals surface area contributed by atoms with Crippen molar-refractivity contribution in [1.29, 1.82) is 0 Å². The summed E-state index contributed by atoms with van der Waals surface area (Å²) in [6.45, 7) is 5.23. The van der Waals surface area contributed by atoms with E-state index in [2.05, 4.69) is 22.3 Å². The zero-order chi connectivity index (χ0) is 15.2. The molecule has 0 fully saturated rings. The molecule has 21 heavy (non-hydrogen) atoms. The largest absolute Gasteiger partial charge is 0.378 e. The van der Waals surface area contributed by atoms with E-state index >= 15 is 0 Å². The van der Waals surface area contributed by atoms with Crippen LogP contribution in [0.15, 0.2) is 29.5 Å². The van der Waals surface area contributed by atoms with Crippen LogP contribution in [0.5, 0.6) is 0 Å². The standard InChI is InChI=1S/C15H19ClN4O/c1-3-4-7-20-15(21)14(16)13(10-19-20)18-9-12-8-17-6-5-11(12)2/h5-6,8,10,18H,3-4,7,9H2,1-2H3. The number of aromatic nitrogens is 3. The van der Waals surface area contributed by atoms with Crippen molar-refractivity contribution in [2.75, 3.05) is 5.32 Å². The summed E-state index contributed by atoms with van der Waals surface area (Å²) < 4.78 is 1.41. The second kappa shape index (κ2) is 7.22. The molecule has 112 valence electrons. The Labute approximate surface area is 129 Å². The Morgan fingerprint density at radius 1 is 1.38 bits per heavy atom. The number of unbranched alkanes of at least 4 members (excludes halogenated alkanes) is 1. The van der Waals surface area contributed by atoms with Gasteiger partial charge in [-0.2, -0.15) is 5.10 Å². The van der Waals surface area contributed by atoms with Gasteiger partial charge in [-0.1, -0.05) is 24.9 Å². The van der Waals surface area contributed by atoms with E-state index in [1.54, 1.807) is 18.6 Å². The number of halogens is 1. The SMILES string of the molecule is CCCCn1ncc(NCc2cnccc2C)c(Cl)c1=O.